The number of rotatable bonds is 4. The quantitative estimate of drug-likeness (QED) is 0.381. The zero-order valence-corrected chi connectivity index (χ0v) is 16.6. The van der Waals surface area contributed by atoms with Crippen LogP contribution >= 0.6 is 23.2 Å². The van der Waals surface area contributed by atoms with E-state index in [-0.39, 0.29) is 0 Å². The van der Waals surface area contributed by atoms with E-state index in [2.05, 4.69) is 41.4 Å². The molecule has 0 saturated heterocycles. The highest BCUT2D eigenvalue weighted by Crippen LogP contribution is 2.39. The van der Waals surface area contributed by atoms with Crippen LogP contribution in [0.4, 0.5) is 0 Å². The largest absolute Gasteiger partial charge is 0.482 e. The molecule has 0 aliphatic heterocycles. The molecule has 1 N–H and O–H groups in total. The van der Waals surface area contributed by atoms with Gasteiger partial charge in [0.2, 0.25) is 0 Å². The number of hydrogen-bond acceptors (Lipinski definition) is 1. The normalized spacial score (nSPS) is 11.7. The van der Waals surface area contributed by atoms with Gasteiger partial charge in [-0.25, -0.2) is 0 Å². The van der Waals surface area contributed by atoms with Crippen LogP contribution in [0, 0.1) is 0 Å². The molecule has 0 unspecified atom stereocenters. The lowest BCUT2D eigenvalue weighted by Gasteiger charge is -2.28. The van der Waals surface area contributed by atoms with E-state index in [1.807, 2.05) is 44.2 Å². The highest BCUT2D eigenvalue weighted by molar-refractivity contribution is 6.40. The van der Waals surface area contributed by atoms with Gasteiger partial charge >= 0.3 is 0 Å². The molecule has 0 bridgehead atoms. The van der Waals surface area contributed by atoms with Crippen LogP contribution in [0.25, 0.3) is 22.0 Å². The average Bonchev–Trinajstić information content (AvgIpc) is 3.08. The second kappa shape index (κ2) is 6.95. The molecule has 136 valence electrons. The number of nitrogens with one attached hydrogen (secondary N) is 1. The Morgan fingerprint density at radius 2 is 1.44 bits per heavy atom. The molecule has 0 atom stereocenters. The standard InChI is InChI=1S/C23H19Cl2NO/c1-23(2,17-10-8-16(9-11-17)15-6-4-3-5-7-15)27-20-13-12-18(24)22-21(20)19(25)14-26-22/h3-14,26H,1-2H3. The van der Waals surface area contributed by atoms with Crippen LogP contribution in [-0.2, 0) is 5.60 Å². The molecule has 4 heteroatoms. The molecular weight excluding hydrogens is 377 g/mol. The molecule has 4 aromatic rings. The minimum absolute atomic E-state index is 0.531. The zero-order valence-electron chi connectivity index (χ0n) is 15.1. The molecule has 2 nitrogen and oxygen atoms in total. The van der Waals surface area contributed by atoms with Crippen molar-refractivity contribution in [1.82, 2.24) is 4.98 Å². The zero-order chi connectivity index (χ0) is 19.0. The summed E-state index contributed by atoms with van der Waals surface area (Å²) in [7, 11) is 0. The molecular formula is C23H19Cl2NO. The number of halogens is 2. The first-order valence-electron chi connectivity index (χ1n) is 8.76. The fourth-order valence-electron chi connectivity index (χ4n) is 3.26. The lowest BCUT2D eigenvalue weighted by Crippen LogP contribution is -2.25. The van der Waals surface area contributed by atoms with Gasteiger partial charge in [0.1, 0.15) is 11.4 Å². The number of ether oxygens (including phenoxy) is 1. The Morgan fingerprint density at radius 1 is 0.778 bits per heavy atom. The van der Waals surface area contributed by atoms with Crippen LogP contribution in [-0.4, -0.2) is 4.98 Å². The SMILES string of the molecule is CC(C)(Oc1ccc(Cl)c2[nH]cc(Cl)c12)c1ccc(-c2ccccc2)cc1. The maximum absolute atomic E-state index is 6.38. The number of aromatic amines is 1. The number of H-pyrrole nitrogens is 1. The van der Waals surface area contributed by atoms with E-state index in [1.165, 1.54) is 11.1 Å². The highest BCUT2D eigenvalue weighted by atomic mass is 35.5. The van der Waals surface area contributed by atoms with E-state index >= 15 is 0 Å². The smallest absolute Gasteiger partial charge is 0.131 e. The van der Waals surface area contributed by atoms with E-state index in [0.29, 0.717) is 15.8 Å². The first-order chi connectivity index (χ1) is 13.0. The number of benzene rings is 3. The van der Waals surface area contributed by atoms with Gasteiger partial charge in [0, 0.05) is 6.20 Å². The van der Waals surface area contributed by atoms with Gasteiger partial charge in [-0.1, -0.05) is 77.8 Å². The Balaban J connectivity index is 1.66. The van der Waals surface area contributed by atoms with E-state index in [0.717, 1.165) is 16.5 Å². The lowest BCUT2D eigenvalue weighted by molar-refractivity contribution is 0.111. The third kappa shape index (κ3) is 3.43. The molecule has 0 aliphatic carbocycles. The van der Waals surface area contributed by atoms with Crippen molar-refractivity contribution in [2.75, 3.05) is 0 Å². The Labute approximate surface area is 168 Å². The van der Waals surface area contributed by atoms with Crippen molar-refractivity contribution in [1.29, 1.82) is 0 Å². The lowest BCUT2D eigenvalue weighted by atomic mass is 9.95. The van der Waals surface area contributed by atoms with Crippen LogP contribution < -0.4 is 4.74 Å². The molecule has 0 amide bonds. The summed E-state index contributed by atoms with van der Waals surface area (Å²) in [6.07, 6.45) is 1.73. The second-order valence-electron chi connectivity index (χ2n) is 6.99. The summed E-state index contributed by atoms with van der Waals surface area (Å²) in [5, 5.41) is 2.02. The molecule has 0 radical (unpaired) electrons. The maximum atomic E-state index is 6.38. The van der Waals surface area contributed by atoms with Crippen molar-refractivity contribution < 1.29 is 4.74 Å². The van der Waals surface area contributed by atoms with Crippen molar-refractivity contribution in [3.8, 4) is 16.9 Å². The van der Waals surface area contributed by atoms with Gasteiger partial charge in [-0.3, -0.25) is 0 Å². The Hall–Kier alpha value is -2.42. The molecule has 0 saturated carbocycles. The summed E-state index contributed by atoms with van der Waals surface area (Å²) in [6.45, 7) is 4.09. The van der Waals surface area contributed by atoms with Crippen LogP contribution in [0.1, 0.15) is 19.4 Å². The van der Waals surface area contributed by atoms with Gasteiger partial charge in [-0.15, -0.1) is 0 Å². The Kier molecular flexibility index (Phi) is 4.63. The van der Waals surface area contributed by atoms with E-state index < -0.39 is 5.60 Å². The van der Waals surface area contributed by atoms with Gasteiger partial charge in [-0.2, -0.15) is 0 Å². The van der Waals surface area contributed by atoms with Gasteiger partial charge in [0.25, 0.3) is 0 Å². The van der Waals surface area contributed by atoms with Crippen LogP contribution in [0.2, 0.25) is 10.0 Å². The van der Waals surface area contributed by atoms with E-state index in [4.69, 9.17) is 27.9 Å². The van der Waals surface area contributed by atoms with Gasteiger partial charge < -0.3 is 9.72 Å². The fraction of sp³-hybridized carbons (Fsp3) is 0.130. The molecule has 3 aromatic carbocycles. The second-order valence-corrected chi connectivity index (χ2v) is 7.80. The van der Waals surface area contributed by atoms with Crippen molar-refractivity contribution in [2.45, 2.75) is 19.4 Å². The number of fused-ring (bicyclic) bond motifs is 1. The summed E-state index contributed by atoms with van der Waals surface area (Å²) >= 11 is 12.6. The van der Waals surface area contributed by atoms with Crippen LogP contribution in [0.15, 0.2) is 72.9 Å². The summed E-state index contributed by atoms with van der Waals surface area (Å²) in [5.41, 5.74) is 3.71. The number of hydrogen-bond donors (Lipinski definition) is 1. The maximum Gasteiger partial charge on any atom is 0.131 e. The molecule has 1 aromatic heterocycles. The molecule has 0 aliphatic rings. The molecule has 0 fully saturated rings. The predicted molar refractivity (Wildman–Crippen MR) is 114 cm³/mol. The van der Waals surface area contributed by atoms with E-state index in [9.17, 15) is 0 Å². The average molecular weight is 396 g/mol. The first kappa shape index (κ1) is 18.0. The highest BCUT2D eigenvalue weighted by Gasteiger charge is 2.25. The molecule has 0 spiro atoms. The van der Waals surface area contributed by atoms with Gasteiger partial charge in [0.15, 0.2) is 0 Å². The van der Waals surface area contributed by atoms with Crippen molar-refractivity contribution in [3.05, 3.63) is 88.5 Å². The fourth-order valence-corrected chi connectivity index (χ4v) is 3.71. The molecule has 4 rings (SSSR count). The van der Waals surface area contributed by atoms with Gasteiger partial charge in [0.05, 0.1) is 20.9 Å². The third-order valence-corrected chi connectivity index (χ3v) is 5.36. The van der Waals surface area contributed by atoms with Crippen molar-refractivity contribution >= 4 is 34.1 Å². The van der Waals surface area contributed by atoms with Crippen molar-refractivity contribution in [2.24, 2.45) is 0 Å². The topological polar surface area (TPSA) is 25.0 Å². The van der Waals surface area contributed by atoms with Gasteiger partial charge in [-0.05, 0) is 42.7 Å². The number of aromatic nitrogens is 1. The van der Waals surface area contributed by atoms with Crippen LogP contribution in [0.5, 0.6) is 5.75 Å². The summed E-state index contributed by atoms with van der Waals surface area (Å²) in [5.74, 6) is 0.706. The monoisotopic (exact) mass is 395 g/mol. The summed E-state index contributed by atoms with van der Waals surface area (Å²) in [6, 6.07) is 22.5. The summed E-state index contributed by atoms with van der Waals surface area (Å²) in [4.78, 5) is 3.10. The summed E-state index contributed by atoms with van der Waals surface area (Å²) < 4.78 is 6.38. The van der Waals surface area contributed by atoms with E-state index in [1.54, 1.807) is 6.20 Å². The Bertz CT molecular complexity index is 1080. The third-order valence-electron chi connectivity index (χ3n) is 4.75. The first-order valence-corrected chi connectivity index (χ1v) is 9.51. The van der Waals surface area contributed by atoms with Crippen molar-refractivity contribution in [3.63, 3.8) is 0 Å². The molecule has 1 heterocycles. The minimum atomic E-state index is -0.531. The predicted octanol–water partition coefficient (Wildman–Crippen LogP) is 7.46. The minimum Gasteiger partial charge on any atom is -0.482 e. The van der Waals surface area contributed by atoms with Crippen LogP contribution in [0.3, 0.4) is 0 Å². The Morgan fingerprint density at radius 3 is 2.15 bits per heavy atom. The molecule has 27 heavy (non-hydrogen) atoms.